The standard InChI is InChI=1S/C17H18N2/c1-12-13(2)19-17-11-15(9-10-16(17)18-12)8-7-14-5-3-4-6-14/h9-11,14H,3-6H2,1-2H3. The van der Waals surface area contributed by atoms with Crippen LogP contribution in [0.3, 0.4) is 0 Å². The summed E-state index contributed by atoms with van der Waals surface area (Å²) in [6.07, 6.45) is 5.19. The molecule has 2 heteroatoms. The topological polar surface area (TPSA) is 25.8 Å². The first-order valence-corrected chi connectivity index (χ1v) is 6.99. The zero-order valence-electron chi connectivity index (χ0n) is 11.5. The van der Waals surface area contributed by atoms with Gasteiger partial charge in [-0.05, 0) is 44.9 Å². The van der Waals surface area contributed by atoms with Crippen molar-refractivity contribution in [1.29, 1.82) is 0 Å². The molecule has 1 heterocycles. The fraction of sp³-hybridized carbons (Fsp3) is 0.412. The number of benzene rings is 1. The van der Waals surface area contributed by atoms with Gasteiger partial charge in [-0.3, -0.25) is 0 Å². The van der Waals surface area contributed by atoms with Gasteiger partial charge in [0.15, 0.2) is 0 Å². The van der Waals surface area contributed by atoms with Crippen molar-refractivity contribution in [2.75, 3.05) is 0 Å². The molecule has 0 amide bonds. The maximum atomic E-state index is 4.59. The van der Waals surface area contributed by atoms with Gasteiger partial charge < -0.3 is 0 Å². The van der Waals surface area contributed by atoms with Gasteiger partial charge in [0, 0.05) is 11.5 Å². The van der Waals surface area contributed by atoms with E-state index in [2.05, 4.69) is 27.9 Å². The summed E-state index contributed by atoms with van der Waals surface area (Å²) < 4.78 is 0. The number of fused-ring (bicyclic) bond motifs is 1. The zero-order chi connectivity index (χ0) is 13.2. The van der Waals surface area contributed by atoms with Crippen molar-refractivity contribution in [2.45, 2.75) is 39.5 Å². The molecule has 1 aliphatic carbocycles. The number of rotatable bonds is 0. The van der Waals surface area contributed by atoms with E-state index in [1.54, 1.807) is 0 Å². The number of nitrogens with zero attached hydrogens (tertiary/aromatic N) is 2. The van der Waals surface area contributed by atoms with Gasteiger partial charge in [0.1, 0.15) is 0 Å². The lowest BCUT2D eigenvalue weighted by atomic mass is 10.1. The third-order valence-electron chi connectivity index (χ3n) is 3.85. The van der Waals surface area contributed by atoms with Crippen molar-refractivity contribution in [1.82, 2.24) is 9.97 Å². The molecule has 2 nitrogen and oxygen atoms in total. The van der Waals surface area contributed by atoms with Crippen LogP contribution in [0.25, 0.3) is 11.0 Å². The fourth-order valence-electron chi connectivity index (χ4n) is 2.56. The molecule has 1 aromatic heterocycles. The Hall–Kier alpha value is -1.88. The second-order valence-electron chi connectivity index (χ2n) is 5.35. The minimum atomic E-state index is 0.599. The number of hydrogen-bond acceptors (Lipinski definition) is 2. The molecule has 0 aliphatic heterocycles. The molecule has 0 atom stereocenters. The van der Waals surface area contributed by atoms with Gasteiger partial charge in [0.25, 0.3) is 0 Å². The van der Waals surface area contributed by atoms with Gasteiger partial charge in [-0.15, -0.1) is 0 Å². The van der Waals surface area contributed by atoms with Crippen LogP contribution in [-0.4, -0.2) is 9.97 Å². The Balaban J connectivity index is 1.94. The molecule has 19 heavy (non-hydrogen) atoms. The van der Waals surface area contributed by atoms with E-state index in [0.29, 0.717) is 5.92 Å². The smallest absolute Gasteiger partial charge is 0.0902 e. The molecule has 1 fully saturated rings. The molecular formula is C17H18N2. The van der Waals surface area contributed by atoms with Crippen molar-refractivity contribution in [2.24, 2.45) is 5.92 Å². The van der Waals surface area contributed by atoms with E-state index in [1.165, 1.54) is 25.7 Å². The lowest BCUT2D eigenvalue weighted by Crippen LogP contribution is -1.93. The monoisotopic (exact) mass is 250 g/mol. The lowest BCUT2D eigenvalue weighted by Gasteiger charge is -2.02. The van der Waals surface area contributed by atoms with E-state index in [-0.39, 0.29) is 0 Å². The SMILES string of the molecule is Cc1nc2ccc(C#CC3CCCC3)cc2nc1C. The summed E-state index contributed by atoms with van der Waals surface area (Å²) in [4.78, 5) is 9.13. The van der Waals surface area contributed by atoms with Crippen LogP contribution in [0.5, 0.6) is 0 Å². The third-order valence-corrected chi connectivity index (χ3v) is 3.85. The van der Waals surface area contributed by atoms with Crippen molar-refractivity contribution in [3.63, 3.8) is 0 Å². The largest absolute Gasteiger partial charge is 0.250 e. The van der Waals surface area contributed by atoms with Crippen LogP contribution in [0.2, 0.25) is 0 Å². The molecule has 2 aromatic rings. The van der Waals surface area contributed by atoms with Crippen LogP contribution in [0.4, 0.5) is 0 Å². The molecule has 1 aliphatic rings. The van der Waals surface area contributed by atoms with Gasteiger partial charge in [-0.1, -0.05) is 24.7 Å². The zero-order valence-corrected chi connectivity index (χ0v) is 11.5. The molecule has 3 rings (SSSR count). The average Bonchev–Trinajstić information content (AvgIpc) is 2.91. The van der Waals surface area contributed by atoms with E-state index >= 15 is 0 Å². The molecule has 0 radical (unpaired) electrons. The Bertz CT molecular complexity index is 671. The summed E-state index contributed by atoms with van der Waals surface area (Å²) in [5, 5.41) is 0. The van der Waals surface area contributed by atoms with Crippen LogP contribution >= 0.6 is 0 Å². The van der Waals surface area contributed by atoms with Crippen molar-refractivity contribution in [3.8, 4) is 11.8 Å². The normalized spacial score (nSPS) is 15.5. The summed E-state index contributed by atoms with van der Waals surface area (Å²) >= 11 is 0. The highest BCUT2D eigenvalue weighted by Crippen LogP contribution is 2.23. The first-order chi connectivity index (χ1) is 9.22. The highest BCUT2D eigenvalue weighted by molar-refractivity contribution is 5.76. The van der Waals surface area contributed by atoms with Crippen LogP contribution in [-0.2, 0) is 0 Å². The lowest BCUT2D eigenvalue weighted by molar-refractivity contribution is 0.712. The number of aromatic nitrogens is 2. The Morgan fingerprint density at radius 3 is 2.42 bits per heavy atom. The molecule has 96 valence electrons. The van der Waals surface area contributed by atoms with E-state index < -0.39 is 0 Å². The minimum Gasteiger partial charge on any atom is -0.250 e. The van der Waals surface area contributed by atoms with Crippen LogP contribution < -0.4 is 0 Å². The van der Waals surface area contributed by atoms with Crippen LogP contribution in [0.15, 0.2) is 18.2 Å². The van der Waals surface area contributed by atoms with E-state index in [0.717, 1.165) is 28.0 Å². The second kappa shape index (κ2) is 5.01. The molecular weight excluding hydrogens is 232 g/mol. The number of hydrogen-bond donors (Lipinski definition) is 0. The quantitative estimate of drug-likeness (QED) is 0.665. The van der Waals surface area contributed by atoms with Gasteiger partial charge in [0.05, 0.1) is 22.4 Å². The first-order valence-electron chi connectivity index (χ1n) is 6.99. The van der Waals surface area contributed by atoms with E-state index in [4.69, 9.17) is 0 Å². The molecule has 0 saturated heterocycles. The van der Waals surface area contributed by atoms with E-state index in [1.807, 2.05) is 26.0 Å². The Labute approximate surface area is 114 Å². The van der Waals surface area contributed by atoms with Crippen LogP contribution in [0, 0.1) is 31.6 Å². The van der Waals surface area contributed by atoms with Crippen molar-refractivity contribution >= 4 is 11.0 Å². The maximum Gasteiger partial charge on any atom is 0.0902 e. The first kappa shape index (κ1) is 12.2. The summed E-state index contributed by atoms with van der Waals surface area (Å²) in [6, 6.07) is 6.12. The Kier molecular flexibility index (Phi) is 3.21. The molecule has 0 bridgehead atoms. The second-order valence-corrected chi connectivity index (χ2v) is 5.35. The minimum absolute atomic E-state index is 0.599. The average molecular weight is 250 g/mol. The number of aryl methyl sites for hydroxylation is 2. The summed E-state index contributed by atoms with van der Waals surface area (Å²) in [5.41, 5.74) is 4.94. The molecule has 1 aromatic carbocycles. The van der Waals surface area contributed by atoms with Crippen molar-refractivity contribution in [3.05, 3.63) is 35.2 Å². The highest BCUT2D eigenvalue weighted by atomic mass is 14.8. The van der Waals surface area contributed by atoms with Gasteiger partial charge in [-0.2, -0.15) is 0 Å². The molecule has 0 unspecified atom stereocenters. The van der Waals surface area contributed by atoms with Gasteiger partial charge in [-0.25, -0.2) is 9.97 Å². The van der Waals surface area contributed by atoms with E-state index in [9.17, 15) is 0 Å². The van der Waals surface area contributed by atoms with Gasteiger partial charge in [0.2, 0.25) is 0 Å². The highest BCUT2D eigenvalue weighted by Gasteiger charge is 2.11. The summed E-state index contributed by atoms with van der Waals surface area (Å²) in [6.45, 7) is 3.99. The predicted octanol–water partition coefficient (Wildman–Crippen LogP) is 3.79. The van der Waals surface area contributed by atoms with Crippen molar-refractivity contribution < 1.29 is 0 Å². The fourth-order valence-corrected chi connectivity index (χ4v) is 2.56. The molecule has 1 saturated carbocycles. The Morgan fingerprint density at radius 2 is 1.68 bits per heavy atom. The predicted molar refractivity (Wildman–Crippen MR) is 77.8 cm³/mol. The summed E-state index contributed by atoms with van der Waals surface area (Å²) in [7, 11) is 0. The van der Waals surface area contributed by atoms with Gasteiger partial charge >= 0.3 is 0 Å². The van der Waals surface area contributed by atoms with Crippen LogP contribution in [0.1, 0.15) is 42.6 Å². The Morgan fingerprint density at radius 1 is 1.00 bits per heavy atom. The maximum absolute atomic E-state index is 4.59. The molecule has 0 N–H and O–H groups in total. The summed E-state index contributed by atoms with van der Waals surface area (Å²) in [5.74, 6) is 7.28. The molecule has 0 spiro atoms. The third kappa shape index (κ3) is 2.61.